The number of furan rings is 1. The van der Waals surface area contributed by atoms with Crippen LogP contribution in [0.2, 0.25) is 0 Å². The van der Waals surface area contributed by atoms with E-state index in [9.17, 15) is 0 Å². The average Bonchev–Trinajstić information content (AvgIpc) is 3.54. The maximum Gasteiger partial charge on any atom is 0.136 e. The standard InChI is InChI=1S/C42H29NO/c1-2-13-30(14-3-1)36-20-9-10-22-39(36)43(40-23-12-17-31-15-4-6-19-37(31)40)34-27-25-32(26-28-34)35-18-7-8-21-38(35)42-29-33-16-5-11-24-41(33)44-42/h1-29H. The fraction of sp³-hybridized carbons (Fsp3) is 0. The molecule has 208 valence electrons. The first kappa shape index (κ1) is 25.8. The van der Waals surface area contributed by atoms with Gasteiger partial charge < -0.3 is 9.32 Å². The molecule has 0 radical (unpaired) electrons. The largest absolute Gasteiger partial charge is 0.456 e. The average molecular weight is 564 g/mol. The van der Waals surface area contributed by atoms with Crippen LogP contribution in [0.25, 0.3) is 55.3 Å². The first-order valence-electron chi connectivity index (χ1n) is 14.9. The molecule has 7 aromatic carbocycles. The molecule has 44 heavy (non-hydrogen) atoms. The highest BCUT2D eigenvalue weighted by atomic mass is 16.3. The molecule has 0 saturated carbocycles. The Morgan fingerprint density at radius 1 is 0.386 bits per heavy atom. The van der Waals surface area contributed by atoms with E-state index in [4.69, 9.17) is 4.42 Å². The Kier molecular flexibility index (Phi) is 6.51. The molecular formula is C42H29NO. The highest BCUT2D eigenvalue weighted by Crippen LogP contribution is 2.44. The summed E-state index contributed by atoms with van der Waals surface area (Å²) in [5.74, 6) is 0.875. The summed E-state index contributed by atoms with van der Waals surface area (Å²) in [5.41, 5.74) is 9.98. The van der Waals surface area contributed by atoms with E-state index in [0.29, 0.717) is 0 Å². The Morgan fingerprint density at radius 2 is 0.977 bits per heavy atom. The summed E-state index contributed by atoms with van der Waals surface area (Å²) in [6.07, 6.45) is 0. The van der Waals surface area contributed by atoms with Crippen LogP contribution < -0.4 is 4.90 Å². The van der Waals surface area contributed by atoms with E-state index >= 15 is 0 Å². The van der Waals surface area contributed by atoms with Gasteiger partial charge in [-0.25, -0.2) is 0 Å². The topological polar surface area (TPSA) is 16.4 Å². The van der Waals surface area contributed by atoms with Crippen molar-refractivity contribution in [2.75, 3.05) is 4.90 Å². The Balaban J connectivity index is 1.28. The number of para-hydroxylation sites is 2. The summed E-state index contributed by atoms with van der Waals surface area (Å²) in [6, 6.07) is 62.1. The van der Waals surface area contributed by atoms with Gasteiger partial charge in [-0.3, -0.25) is 0 Å². The summed E-state index contributed by atoms with van der Waals surface area (Å²) < 4.78 is 6.28. The molecular weight excluding hydrogens is 534 g/mol. The summed E-state index contributed by atoms with van der Waals surface area (Å²) in [4.78, 5) is 2.39. The maximum absolute atomic E-state index is 6.28. The molecule has 0 aliphatic heterocycles. The number of fused-ring (bicyclic) bond motifs is 2. The molecule has 0 atom stereocenters. The predicted molar refractivity (Wildman–Crippen MR) is 185 cm³/mol. The van der Waals surface area contributed by atoms with Gasteiger partial charge in [-0.1, -0.05) is 140 Å². The van der Waals surface area contributed by atoms with Crippen LogP contribution in [-0.4, -0.2) is 0 Å². The second kappa shape index (κ2) is 11.1. The molecule has 0 aliphatic rings. The molecule has 0 N–H and O–H groups in total. The van der Waals surface area contributed by atoms with Crippen LogP contribution in [0, 0.1) is 0 Å². The smallest absolute Gasteiger partial charge is 0.136 e. The third-order valence-electron chi connectivity index (χ3n) is 8.29. The molecule has 8 aromatic rings. The number of anilines is 3. The van der Waals surface area contributed by atoms with E-state index in [-0.39, 0.29) is 0 Å². The third kappa shape index (κ3) is 4.63. The van der Waals surface area contributed by atoms with Crippen LogP contribution in [0.5, 0.6) is 0 Å². The van der Waals surface area contributed by atoms with E-state index in [0.717, 1.165) is 50.5 Å². The lowest BCUT2D eigenvalue weighted by Gasteiger charge is -2.29. The van der Waals surface area contributed by atoms with E-state index < -0.39 is 0 Å². The van der Waals surface area contributed by atoms with Crippen LogP contribution in [0.1, 0.15) is 0 Å². The minimum Gasteiger partial charge on any atom is -0.456 e. The van der Waals surface area contributed by atoms with Gasteiger partial charge in [-0.05, 0) is 58.5 Å². The number of nitrogens with zero attached hydrogens (tertiary/aromatic N) is 1. The second-order valence-corrected chi connectivity index (χ2v) is 11.0. The predicted octanol–water partition coefficient (Wildman–Crippen LogP) is 12.1. The quantitative estimate of drug-likeness (QED) is 0.200. The lowest BCUT2D eigenvalue weighted by Crippen LogP contribution is -2.11. The molecule has 2 heteroatoms. The highest BCUT2D eigenvalue weighted by molar-refractivity contribution is 6.01. The molecule has 1 aromatic heterocycles. The van der Waals surface area contributed by atoms with Crippen molar-refractivity contribution >= 4 is 38.8 Å². The molecule has 0 aliphatic carbocycles. The summed E-state index contributed by atoms with van der Waals surface area (Å²) in [7, 11) is 0. The van der Waals surface area contributed by atoms with Crippen LogP contribution in [0.4, 0.5) is 17.1 Å². The second-order valence-electron chi connectivity index (χ2n) is 11.0. The molecule has 0 unspecified atom stereocenters. The summed E-state index contributed by atoms with van der Waals surface area (Å²) in [6.45, 7) is 0. The van der Waals surface area contributed by atoms with Crippen molar-refractivity contribution in [3.8, 4) is 33.6 Å². The van der Waals surface area contributed by atoms with Crippen molar-refractivity contribution in [2.24, 2.45) is 0 Å². The maximum atomic E-state index is 6.28. The Bertz CT molecular complexity index is 2190. The summed E-state index contributed by atoms with van der Waals surface area (Å²) in [5, 5.41) is 3.52. The van der Waals surface area contributed by atoms with E-state index in [2.05, 4.69) is 163 Å². The molecule has 1 heterocycles. The lowest BCUT2D eigenvalue weighted by atomic mass is 9.97. The number of hydrogen-bond acceptors (Lipinski definition) is 2. The van der Waals surface area contributed by atoms with Crippen LogP contribution >= 0.6 is 0 Å². The van der Waals surface area contributed by atoms with Crippen LogP contribution in [0.3, 0.4) is 0 Å². The number of rotatable bonds is 6. The van der Waals surface area contributed by atoms with Gasteiger partial charge in [0.2, 0.25) is 0 Å². The fourth-order valence-electron chi connectivity index (χ4n) is 6.20. The third-order valence-corrected chi connectivity index (χ3v) is 8.29. The van der Waals surface area contributed by atoms with Crippen molar-refractivity contribution in [2.45, 2.75) is 0 Å². The van der Waals surface area contributed by atoms with Gasteiger partial charge in [0.05, 0.1) is 11.4 Å². The van der Waals surface area contributed by atoms with Gasteiger partial charge >= 0.3 is 0 Å². The molecule has 0 spiro atoms. The minimum absolute atomic E-state index is 0.875. The van der Waals surface area contributed by atoms with Crippen LogP contribution in [-0.2, 0) is 0 Å². The zero-order valence-corrected chi connectivity index (χ0v) is 24.1. The Hall–Kier alpha value is -5.86. The molecule has 0 bridgehead atoms. The Labute approximate surface area is 257 Å². The lowest BCUT2D eigenvalue weighted by molar-refractivity contribution is 0.632. The monoisotopic (exact) mass is 563 g/mol. The molecule has 0 saturated heterocycles. The van der Waals surface area contributed by atoms with Crippen molar-refractivity contribution in [3.63, 3.8) is 0 Å². The van der Waals surface area contributed by atoms with Crippen molar-refractivity contribution in [1.29, 1.82) is 0 Å². The van der Waals surface area contributed by atoms with Gasteiger partial charge in [-0.2, -0.15) is 0 Å². The molecule has 0 fully saturated rings. The minimum atomic E-state index is 0.875. The van der Waals surface area contributed by atoms with Gasteiger partial charge in [0.15, 0.2) is 0 Å². The van der Waals surface area contributed by atoms with Crippen molar-refractivity contribution < 1.29 is 4.42 Å². The van der Waals surface area contributed by atoms with Gasteiger partial charge in [0.1, 0.15) is 11.3 Å². The van der Waals surface area contributed by atoms with E-state index in [1.807, 2.05) is 18.2 Å². The first-order chi connectivity index (χ1) is 21.8. The van der Waals surface area contributed by atoms with Crippen molar-refractivity contribution in [1.82, 2.24) is 0 Å². The summed E-state index contributed by atoms with van der Waals surface area (Å²) >= 11 is 0. The Morgan fingerprint density at radius 3 is 1.80 bits per heavy atom. The van der Waals surface area contributed by atoms with Gasteiger partial charge in [-0.15, -0.1) is 0 Å². The highest BCUT2D eigenvalue weighted by Gasteiger charge is 2.19. The van der Waals surface area contributed by atoms with Crippen molar-refractivity contribution in [3.05, 3.63) is 176 Å². The van der Waals surface area contributed by atoms with Gasteiger partial charge in [0.25, 0.3) is 0 Å². The number of benzene rings is 7. The van der Waals surface area contributed by atoms with E-state index in [1.165, 1.54) is 21.9 Å². The zero-order valence-electron chi connectivity index (χ0n) is 24.1. The normalized spacial score (nSPS) is 11.2. The molecule has 0 amide bonds. The fourth-order valence-corrected chi connectivity index (χ4v) is 6.20. The van der Waals surface area contributed by atoms with Gasteiger partial charge in [0, 0.05) is 27.6 Å². The van der Waals surface area contributed by atoms with Crippen LogP contribution in [0.15, 0.2) is 180 Å². The first-order valence-corrected chi connectivity index (χ1v) is 14.9. The molecule has 8 rings (SSSR count). The number of hydrogen-bond donors (Lipinski definition) is 0. The molecule has 2 nitrogen and oxygen atoms in total. The SMILES string of the molecule is c1ccc(-c2ccccc2N(c2ccc(-c3ccccc3-c3cc4ccccc4o3)cc2)c2cccc3ccccc23)cc1. The zero-order chi connectivity index (χ0) is 29.3. The van der Waals surface area contributed by atoms with E-state index in [1.54, 1.807) is 0 Å².